The van der Waals surface area contributed by atoms with Gasteiger partial charge in [-0.25, -0.2) is 4.98 Å². The van der Waals surface area contributed by atoms with Crippen molar-refractivity contribution in [1.29, 1.82) is 0 Å². The molecule has 0 fully saturated rings. The van der Waals surface area contributed by atoms with Crippen LogP contribution in [-0.4, -0.2) is 15.6 Å². The Morgan fingerprint density at radius 2 is 2.07 bits per heavy atom. The average molecular weight is 209 g/mol. The van der Waals surface area contributed by atoms with Crippen molar-refractivity contribution >= 4 is 0 Å². The van der Waals surface area contributed by atoms with Gasteiger partial charge in [-0.3, -0.25) is 0 Å². The Labute approximate surface area is 92.7 Å². The fourth-order valence-electron chi connectivity index (χ4n) is 2.33. The van der Waals surface area contributed by atoms with Crippen LogP contribution in [0.4, 0.5) is 0 Å². The molecule has 2 atom stereocenters. The summed E-state index contributed by atoms with van der Waals surface area (Å²) in [4.78, 5) is 4.36. The molecule has 0 aliphatic rings. The molecule has 0 saturated heterocycles. The molecule has 0 aliphatic heterocycles. The number of hydrogen-bond donors (Lipinski definition) is 1. The SMILES string of the molecule is CCc1nccn1C(C(C)N)C(C)(C)C. The summed E-state index contributed by atoms with van der Waals surface area (Å²) < 4.78 is 2.23. The third-order valence-electron chi connectivity index (χ3n) is 2.75. The molecule has 0 aromatic carbocycles. The minimum Gasteiger partial charge on any atom is -0.330 e. The van der Waals surface area contributed by atoms with Gasteiger partial charge >= 0.3 is 0 Å². The van der Waals surface area contributed by atoms with Crippen molar-refractivity contribution in [2.24, 2.45) is 11.1 Å². The highest BCUT2D eigenvalue weighted by molar-refractivity contribution is 4.99. The number of aromatic nitrogens is 2. The Balaban J connectivity index is 3.10. The third kappa shape index (κ3) is 2.59. The Kier molecular flexibility index (Phi) is 3.55. The van der Waals surface area contributed by atoms with Crippen molar-refractivity contribution in [3.63, 3.8) is 0 Å². The van der Waals surface area contributed by atoms with Gasteiger partial charge < -0.3 is 10.3 Å². The van der Waals surface area contributed by atoms with E-state index in [1.54, 1.807) is 0 Å². The van der Waals surface area contributed by atoms with Gasteiger partial charge in [-0.2, -0.15) is 0 Å². The van der Waals surface area contributed by atoms with Crippen molar-refractivity contribution in [2.75, 3.05) is 0 Å². The molecule has 0 aliphatic carbocycles. The zero-order chi connectivity index (χ0) is 11.6. The lowest BCUT2D eigenvalue weighted by molar-refractivity contribution is 0.208. The second kappa shape index (κ2) is 4.35. The molecule has 2 unspecified atom stereocenters. The van der Waals surface area contributed by atoms with Crippen LogP contribution in [-0.2, 0) is 6.42 Å². The van der Waals surface area contributed by atoms with E-state index in [-0.39, 0.29) is 11.5 Å². The van der Waals surface area contributed by atoms with Crippen LogP contribution in [0, 0.1) is 5.41 Å². The summed E-state index contributed by atoms with van der Waals surface area (Å²) in [6.45, 7) is 10.9. The van der Waals surface area contributed by atoms with Crippen molar-refractivity contribution < 1.29 is 0 Å². The van der Waals surface area contributed by atoms with Crippen LogP contribution in [0.5, 0.6) is 0 Å². The van der Waals surface area contributed by atoms with E-state index >= 15 is 0 Å². The zero-order valence-corrected chi connectivity index (χ0v) is 10.5. The molecule has 0 bridgehead atoms. The predicted octanol–water partition coefficient (Wildman–Crippen LogP) is 2.38. The van der Waals surface area contributed by atoms with E-state index in [1.165, 1.54) is 0 Å². The molecule has 3 heteroatoms. The molecular weight excluding hydrogens is 186 g/mol. The van der Waals surface area contributed by atoms with Gasteiger partial charge in [-0.1, -0.05) is 27.7 Å². The fourth-order valence-corrected chi connectivity index (χ4v) is 2.33. The molecule has 15 heavy (non-hydrogen) atoms. The lowest BCUT2D eigenvalue weighted by Crippen LogP contribution is -2.38. The van der Waals surface area contributed by atoms with Crippen LogP contribution in [0.15, 0.2) is 12.4 Å². The van der Waals surface area contributed by atoms with E-state index in [9.17, 15) is 0 Å². The highest BCUT2D eigenvalue weighted by Gasteiger charge is 2.30. The summed E-state index contributed by atoms with van der Waals surface area (Å²) in [6, 6.07) is 0.430. The van der Waals surface area contributed by atoms with Crippen LogP contribution in [0.25, 0.3) is 0 Å². The molecule has 86 valence electrons. The fraction of sp³-hybridized carbons (Fsp3) is 0.750. The van der Waals surface area contributed by atoms with Crippen molar-refractivity contribution in [3.8, 4) is 0 Å². The standard InChI is InChI=1S/C12H23N3/c1-6-10-14-7-8-15(10)11(9(2)13)12(3,4)5/h7-9,11H,6,13H2,1-5H3. The molecule has 0 spiro atoms. The molecular formula is C12H23N3. The monoisotopic (exact) mass is 209 g/mol. The molecule has 2 N–H and O–H groups in total. The van der Waals surface area contributed by atoms with Gasteiger partial charge in [0, 0.05) is 24.9 Å². The Hall–Kier alpha value is -0.830. The third-order valence-corrected chi connectivity index (χ3v) is 2.75. The Morgan fingerprint density at radius 3 is 2.47 bits per heavy atom. The van der Waals surface area contributed by atoms with Gasteiger partial charge in [-0.15, -0.1) is 0 Å². The number of aryl methyl sites for hydroxylation is 1. The predicted molar refractivity (Wildman–Crippen MR) is 63.7 cm³/mol. The van der Waals surface area contributed by atoms with Crippen LogP contribution in [0.3, 0.4) is 0 Å². The number of hydrogen-bond acceptors (Lipinski definition) is 2. The normalized spacial score (nSPS) is 16.4. The van der Waals surface area contributed by atoms with Crippen LogP contribution in [0.1, 0.15) is 46.5 Å². The van der Waals surface area contributed by atoms with Gasteiger partial charge in [0.1, 0.15) is 5.82 Å². The van der Waals surface area contributed by atoms with E-state index in [4.69, 9.17) is 5.73 Å². The number of nitrogens with two attached hydrogens (primary N) is 1. The average Bonchev–Trinajstić information content (AvgIpc) is 2.48. The quantitative estimate of drug-likeness (QED) is 0.830. The molecule has 1 aromatic rings. The molecule has 1 aromatic heterocycles. The number of nitrogens with zero attached hydrogens (tertiary/aromatic N) is 2. The van der Waals surface area contributed by atoms with E-state index in [0.29, 0.717) is 6.04 Å². The van der Waals surface area contributed by atoms with Gasteiger partial charge in [0.2, 0.25) is 0 Å². The van der Waals surface area contributed by atoms with Crippen LogP contribution >= 0.6 is 0 Å². The zero-order valence-electron chi connectivity index (χ0n) is 10.5. The highest BCUT2D eigenvalue weighted by atomic mass is 15.1. The largest absolute Gasteiger partial charge is 0.330 e. The summed E-state index contributed by atoms with van der Waals surface area (Å²) in [5, 5.41) is 0. The molecule has 1 heterocycles. The van der Waals surface area contributed by atoms with Crippen molar-refractivity contribution in [1.82, 2.24) is 9.55 Å². The van der Waals surface area contributed by atoms with Crippen molar-refractivity contribution in [2.45, 2.75) is 53.1 Å². The van der Waals surface area contributed by atoms with Gasteiger partial charge in [0.05, 0.1) is 6.04 Å². The summed E-state index contributed by atoms with van der Waals surface area (Å²) in [5.74, 6) is 1.12. The summed E-state index contributed by atoms with van der Waals surface area (Å²) >= 11 is 0. The highest BCUT2D eigenvalue weighted by Crippen LogP contribution is 2.33. The van der Waals surface area contributed by atoms with E-state index < -0.39 is 0 Å². The van der Waals surface area contributed by atoms with E-state index in [2.05, 4.69) is 44.2 Å². The summed E-state index contributed by atoms with van der Waals surface area (Å²) in [5.41, 5.74) is 6.24. The summed E-state index contributed by atoms with van der Waals surface area (Å²) in [6.07, 6.45) is 4.85. The minimum absolute atomic E-state index is 0.129. The minimum atomic E-state index is 0.129. The van der Waals surface area contributed by atoms with Gasteiger partial charge in [0.15, 0.2) is 0 Å². The second-order valence-electron chi connectivity index (χ2n) is 5.27. The maximum absolute atomic E-state index is 6.09. The number of imidazole rings is 1. The molecule has 0 radical (unpaired) electrons. The first-order valence-corrected chi connectivity index (χ1v) is 5.65. The van der Waals surface area contributed by atoms with E-state index in [1.807, 2.05) is 12.4 Å². The van der Waals surface area contributed by atoms with Crippen LogP contribution < -0.4 is 5.73 Å². The number of rotatable bonds is 3. The first-order chi connectivity index (χ1) is 6.88. The lowest BCUT2D eigenvalue weighted by atomic mass is 9.82. The van der Waals surface area contributed by atoms with Gasteiger partial charge in [-0.05, 0) is 12.3 Å². The maximum atomic E-state index is 6.09. The van der Waals surface area contributed by atoms with Crippen molar-refractivity contribution in [3.05, 3.63) is 18.2 Å². The second-order valence-corrected chi connectivity index (χ2v) is 5.27. The first kappa shape index (κ1) is 12.2. The lowest BCUT2D eigenvalue weighted by Gasteiger charge is -2.35. The van der Waals surface area contributed by atoms with Crippen LogP contribution in [0.2, 0.25) is 0 Å². The molecule has 0 saturated carbocycles. The topological polar surface area (TPSA) is 43.8 Å². The Morgan fingerprint density at radius 1 is 1.47 bits per heavy atom. The van der Waals surface area contributed by atoms with E-state index in [0.717, 1.165) is 12.2 Å². The maximum Gasteiger partial charge on any atom is 0.108 e. The smallest absolute Gasteiger partial charge is 0.108 e. The first-order valence-electron chi connectivity index (χ1n) is 5.65. The summed E-state index contributed by atoms with van der Waals surface area (Å²) in [7, 11) is 0. The molecule has 0 amide bonds. The molecule has 3 nitrogen and oxygen atoms in total. The Bertz CT molecular complexity index is 307. The molecule has 1 rings (SSSR count). The van der Waals surface area contributed by atoms with Gasteiger partial charge in [0.25, 0.3) is 0 Å².